The van der Waals surface area contributed by atoms with Crippen LogP contribution in [-0.2, 0) is 6.42 Å². The van der Waals surface area contributed by atoms with Crippen LogP contribution in [0.25, 0.3) is 73.4 Å². The number of fused-ring (bicyclic) bond motifs is 1. The average molecular weight is 590 g/mol. The van der Waals surface area contributed by atoms with Gasteiger partial charge in [0.05, 0.1) is 11.4 Å². The van der Waals surface area contributed by atoms with Crippen molar-refractivity contribution < 1.29 is 0 Å². The van der Waals surface area contributed by atoms with Crippen LogP contribution in [0.5, 0.6) is 0 Å². The predicted molar refractivity (Wildman–Crippen MR) is 190 cm³/mol. The Morgan fingerprint density at radius 1 is 0.435 bits per heavy atom. The lowest BCUT2D eigenvalue weighted by atomic mass is 9.93. The van der Waals surface area contributed by atoms with E-state index in [4.69, 9.17) is 9.97 Å². The molecule has 1 aliphatic carbocycles. The first-order valence-electron chi connectivity index (χ1n) is 15.7. The number of aromatic nitrogens is 3. The van der Waals surface area contributed by atoms with Crippen LogP contribution in [-0.4, -0.2) is 15.0 Å². The highest BCUT2D eigenvalue weighted by Crippen LogP contribution is 2.32. The van der Waals surface area contributed by atoms with Gasteiger partial charge in [0.1, 0.15) is 0 Å². The van der Waals surface area contributed by atoms with E-state index >= 15 is 0 Å². The Labute approximate surface area is 269 Å². The molecule has 0 aliphatic heterocycles. The lowest BCUT2D eigenvalue weighted by molar-refractivity contribution is 0.986. The van der Waals surface area contributed by atoms with E-state index in [0.29, 0.717) is 5.82 Å². The molecule has 5 aromatic carbocycles. The normalized spacial score (nSPS) is 12.1. The van der Waals surface area contributed by atoms with E-state index in [2.05, 4.69) is 145 Å². The highest BCUT2D eigenvalue weighted by Gasteiger charge is 2.13. The number of hydrogen-bond donors (Lipinski definition) is 0. The van der Waals surface area contributed by atoms with E-state index in [1.807, 2.05) is 18.3 Å². The third kappa shape index (κ3) is 5.67. The third-order valence-electron chi connectivity index (χ3n) is 8.69. The third-order valence-corrected chi connectivity index (χ3v) is 8.69. The molecule has 0 saturated carbocycles. The van der Waals surface area contributed by atoms with E-state index in [1.54, 1.807) is 6.20 Å². The smallest absolute Gasteiger partial charge is 0.160 e. The molecule has 0 radical (unpaired) electrons. The number of allylic oxidation sites excluding steroid dienone is 1. The number of aryl methyl sites for hydroxylation is 1. The van der Waals surface area contributed by atoms with Gasteiger partial charge in [-0.25, -0.2) is 9.97 Å². The molecule has 1 aliphatic rings. The molecule has 3 heteroatoms. The van der Waals surface area contributed by atoms with Crippen molar-refractivity contribution in [1.29, 1.82) is 0 Å². The molecule has 3 nitrogen and oxygen atoms in total. The van der Waals surface area contributed by atoms with Crippen LogP contribution in [0.1, 0.15) is 17.5 Å². The first-order chi connectivity index (χ1) is 22.8. The molecule has 0 saturated heterocycles. The topological polar surface area (TPSA) is 38.7 Å². The Hall–Kier alpha value is -5.93. The highest BCUT2D eigenvalue weighted by molar-refractivity contribution is 5.77. The van der Waals surface area contributed by atoms with Crippen molar-refractivity contribution in [3.63, 3.8) is 0 Å². The quantitative estimate of drug-likeness (QED) is 0.194. The average Bonchev–Trinajstić information content (AvgIpc) is 3.15. The number of pyridine rings is 1. The van der Waals surface area contributed by atoms with Gasteiger partial charge in [0.2, 0.25) is 0 Å². The summed E-state index contributed by atoms with van der Waals surface area (Å²) >= 11 is 0. The zero-order chi connectivity index (χ0) is 30.7. The molecule has 0 bridgehead atoms. The fraction of sp³-hybridized carbons (Fsp3) is 0.0465. The number of benzene rings is 5. The molecule has 7 aromatic rings. The SMILES string of the molecule is C1=Cc2cc(-c3ccc(-c4cc(-c5ccc(-c6cccnc6)cc5)nc(-c5ccc(-c6ccccc6)cc5)n4)cc3)ccc2CC1. The van der Waals surface area contributed by atoms with Crippen molar-refractivity contribution in [1.82, 2.24) is 15.0 Å². The summed E-state index contributed by atoms with van der Waals surface area (Å²) in [5.74, 6) is 0.703. The van der Waals surface area contributed by atoms with Gasteiger partial charge in [-0.3, -0.25) is 4.98 Å². The predicted octanol–water partition coefficient (Wildman–Crippen LogP) is 10.8. The van der Waals surface area contributed by atoms with E-state index in [0.717, 1.165) is 52.0 Å². The molecule has 0 amide bonds. The van der Waals surface area contributed by atoms with Crippen LogP contribution in [0.4, 0.5) is 0 Å². The van der Waals surface area contributed by atoms with Crippen LogP contribution in [0.2, 0.25) is 0 Å². The van der Waals surface area contributed by atoms with E-state index in [1.165, 1.54) is 33.4 Å². The van der Waals surface area contributed by atoms with E-state index in [-0.39, 0.29) is 0 Å². The van der Waals surface area contributed by atoms with Gasteiger partial charge in [0.25, 0.3) is 0 Å². The number of hydrogen-bond acceptors (Lipinski definition) is 3. The van der Waals surface area contributed by atoms with Gasteiger partial charge in [-0.2, -0.15) is 0 Å². The Morgan fingerprint density at radius 2 is 0.978 bits per heavy atom. The second-order valence-corrected chi connectivity index (χ2v) is 11.7. The van der Waals surface area contributed by atoms with Gasteiger partial charge in [0, 0.05) is 29.1 Å². The lowest BCUT2D eigenvalue weighted by Crippen LogP contribution is -1.96. The maximum atomic E-state index is 5.10. The fourth-order valence-corrected chi connectivity index (χ4v) is 6.12. The molecule has 0 spiro atoms. The maximum absolute atomic E-state index is 5.10. The molecule has 0 unspecified atom stereocenters. The van der Waals surface area contributed by atoms with E-state index in [9.17, 15) is 0 Å². The Kier molecular flexibility index (Phi) is 7.33. The second kappa shape index (κ2) is 12.2. The highest BCUT2D eigenvalue weighted by atomic mass is 14.9. The summed E-state index contributed by atoms with van der Waals surface area (Å²) in [7, 11) is 0. The van der Waals surface area contributed by atoms with Gasteiger partial charge >= 0.3 is 0 Å². The van der Waals surface area contributed by atoms with Crippen molar-refractivity contribution in [2.75, 3.05) is 0 Å². The van der Waals surface area contributed by atoms with Gasteiger partial charge in [-0.05, 0) is 75.5 Å². The molecule has 8 rings (SSSR count). The molecule has 46 heavy (non-hydrogen) atoms. The first kappa shape index (κ1) is 27.6. The summed E-state index contributed by atoms with van der Waals surface area (Å²) in [6, 6.07) is 49.1. The molecule has 2 aromatic heterocycles. The molecular formula is C43H31N3. The summed E-state index contributed by atoms with van der Waals surface area (Å²) in [6.07, 6.45) is 10.4. The minimum atomic E-state index is 0.703. The van der Waals surface area contributed by atoms with Crippen LogP contribution in [0, 0.1) is 0 Å². The Balaban J connectivity index is 1.17. The standard InChI is InChI=1S/C43H31N3/c1-2-7-30(8-3-1)32-16-23-37(24-17-32)43-45-41(28-42(46-43)36-21-14-34(15-22-36)40-11-6-26-44-29-40)35-19-12-33(13-20-35)39-25-18-31-9-4-5-10-38(31)27-39/h1-3,5-8,10-29H,4,9H2. The molecule has 218 valence electrons. The molecule has 2 heterocycles. The monoisotopic (exact) mass is 589 g/mol. The van der Waals surface area contributed by atoms with Crippen molar-refractivity contribution in [3.05, 3.63) is 169 Å². The van der Waals surface area contributed by atoms with Crippen LogP contribution in [0.15, 0.2) is 158 Å². The van der Waals surface area contributed by atoms with Gasteiger partial charge in [-0.15, -0.1) is 0 Å². The van der Waals surface area contributed by atoms with Crippen molar-refractivity contribution in [2.24, 2.45) is 0 Å². The van der Waals surface area contributed by atoms with Crippen molar-refractivity contribution in [3.8, 4) is 67.3 Å². The Morgan fingerprint density at radius 3 is 1.63 bits per heavy atom. The Bertz CT molecular complexity index is 2050. The maximum Gasteiger partial charge on any atom is 0.160 e. The summed E-state index contributed by atoms with van der Waals surface area (Å²) in [4.78, 5) is 14.5. The van der Waals surface area contributed by atoms with Crippen molar-refractivity contribution >= 4 is 6.08 Å². The van der Waals surface area contributed by atoms with Gasteiger partial charge in [-0.1, -0.05) is 133 Å². The zero-order valence-corrected chi connectivity index (χ0v) is 25.3. The number of rotatable bonds is 6. The van der Waals surface area contributed by atoms with Crippen molar-refractivity contribution in [2.45, 2.75) is 12.8 Å². The van der Waals surface area contributed by atoms with Crippen LogP contribution in [0.3, 0.4) is 0 Å². The summed E-state index contributed by atoms with van der Waals surface area (Å²) in [5, 5.41) is 0. The molecule has 0 N–H and O–H groups in total. The largest absolute Gasteiger partial charge is 0.264 e. The minimum Gasteiger partial charge on any atom is -0.264 e. The van der Waals surface area contributed by atoms with E-state index < -0.39 is 0 Å². The zero-order valence-electron chi connectivity index (χ0n) is 25.3. The van der Waals surface area contributed by atoms with Gasteiger partial charge < -0.3 is 0 Å². The molecular weight excluding hydrogens is 558 g/mol. The molecule has 0 fully saturated rings. The number of nitrogens with zero attached hydrogens (tertiary/aromatic N) is 3. The van der Waals surface area contributed by atoms with Crippen LogP contribution >= 0.6 is 0 Å². The van der Waals surface area contributed by atoms with Gasteiger partial charge in [0.15, 0.2) is 5.82 Å². The first-order valence-corrected chi connectivity index (χ1v) is 15.7. The summed E-state index contributed by atoms with van der Waals surface area (Å²) < 4.78 is 0. The summed E-state index contributed by atoms with van der Waals surface area (Å²) in [6.45, 7) is 0. The minimum absolute atomic E-state index is 0.703. The second-order valence-electron chi connectivity index (χ2n) is 11.7. The summed E-state index contributed by atoms with van der Waals surface area (Å²) in [5.41, 5.74) is 14.6. The molecule has 0 atom stereocenters. The van der Waals surface area contributed by atoms with Crippen LogP contribution < -0.4 is 0 Å². The lowest BCUT2D eigenvalue weighted by Gasteiger charge is -2.13. The fourth-order valence-electron chi connectivity index (χ4n) is 6.12.